The largest absolute Gasteiger partial charge is 0.497 e. The van der Waals surface area contributed by atoms with Crippen molar-refractivity contribution < 1.29 is 13.5 Å². The molecule has 0 spiro atoms. The van der Waals surface area contributed by atoms with Crippen LogP contribution in [-0.4, -0.2) is 7.11 Å². The Morgan fingerprint density at radius 3 is 2.76 bits per heavy atom. The van der Waals surface area contributed by atoms with Gasteiger partial charge in [0.1, 0.15) is 11.3 Å². The summed E-state index contributed by atoms with van der Waals surface area (Å²) >= 11 is 0. The average Bonchev–Trinajstić information content (AvgIpc) is 2.51. The van der Waals surface area contributed by atoms with Gasteiger partial charge in [0.15, 0.2) is 5.43 Å². The maximum absolute atomic E-state index is 14.1. The molecule has 2 aromatic carbocycles. The summed E-state index contributed by atoms with van der Waals surface area (Å²) < 4.78 is 24.3. The van der Waals surface area contributed by atoms with E-state index >= 15 is 0 Å². The number of fused-ring (bicyclic) bond motifs is 1. The van der Waals surface area contributed by atoms with E-state index in [1.54, 1.807) is 49.6 Å². The van der Waals surface area contributed by atoms with Gasteiger partial charge in [-0.15, -0.1) is 0 Å². The highest BCUT2D eigenvalue weighted by Gasteiger charge is 2.14. The molecule has 0 saturated carbocycles. The summed E-state index contributed by atoms with van der Waals surface area (Å²) in [6.45, 7) is 0. The molecule has 21 heavy (non-hydrogen) atoms. The lowest BCUT2D eigenvalue weighted by molar-refractivity contribution is 0.361. The number of methoxy groups -OCH3 is 1. The van der Waals surface area contributed by atoms with E-state index in [4.69, 9.17) is 9.15 Å². The van der Waals surface area contributed by atoms with Crippen LogP contribution < -0.4 is 10.2 Å². The van der Waals surface area contributed by atoms with Crippen LogP contribution in [0.4, 0.5) is 4.39 Å². The van der Waals surface area contributed by atoms with E-state index < -0.39 is 6.01 Å². The van der Waals surface area contributed by atoms with Crippen molar-refractivity contribution >= 4 is 11.0 Å². The quantitative estimate of drug-likeness (QED) is 0.738. The van der Waals surface area contributed by atoms with Crippen molar-refractivity contribution in [3.8, 4) is 5.75 Å². The minimum absolute atomic E-state index is 0.0296. The zero-order valence-corrected chi connectivity index (χ0v) is 11.4. The highest BCUT2D eigenvalue weighted by molar-refractivity contribution is 5.76. The zero-order valence-electron chi connectivity index (χ0n) is 11.4. The summed E-state index contributed by atoms with van der Waals surface area (Å²) in [5, 5.41) is 0.386. The maximum Gasteiger partial charge on any atom is 0.285 e. The topological polar surface area (TPSA) is 39.4 Å². The van der Waals surface area contributed by atoms with Gasteiger partial charge < -0.3 is 9.15 Å². The Bertz CT molecular complexity index is 852. The number of ether oxygens (including phenoxy) is 1. The molecule has 0 amide bonds. The van der Waals surface area contributed by atoms with Gasteiger partial charge in [0.25, 0.3) is 6.01 Å². The van der Waals surface area contributed by atoms with Crippen molar-refractivity contribution in [2.45, 2.75) is 6.42 Å². The van der Waals surface area contributed by atoms with Crippen LogP contribution >= 0.6 is 0 Å². The van der Waals surface area contributed by atoms with Crippen molar-refractivity contribution in [2.24, 2.45) is 0 Å². The second-order valence-electron chi connectivity index (χ2n) is 4.71. The molecule has 3 nitrogen and oxygen atoms in total. The van der Waals surface area contributed by atoms with Gasteiger partial charge in [-0.05, 0) is 29.8 Å². The maximum atomic E-state index is 14.1. The zero-order chi connectivity index (χ0) is 14.8. The summed E-state index contributed by atoms with van der Waals surface area (Å²) in [5.74, 6) is 0.665. The Hall–Kier alpha value is -2.62. The Kier molecular flexibility index (Phi) is 3.44. The minimum atomic E-state index is -0.832. The first-order valence-electron chi connectivity index (χ1n) is 6.52. The van der Waals surface area contributed by atoms with E-state index in [0.29, 0.717) is 11.1 Å². The third-order valence-corrected chi connectivity index (χ3v) is 3.36. The number of halogens is 1. The lowest BCUT2D eigenvalue weighted by Gasteiger charge is -2.06. The Balaban J connectivity index is 2.10. The molecular weight excluding hydrogens is 271 g/mol. The SMILES string of the molecule is COc1cccc(Cc2c(F)oc3ccccc3c2=O)c1. The van der Waals surface area contributed by atoms with Crippen molar-refractivity contribution in [3.05, 3.63) is 75.9 Å². The third kappa shape index (κ3) is 2.52. The summed E-state index contributed by atoms with van der Waals surface area (Å²) in [6, 6.07) is 13.0. The Morgan fingerprint density at radius 1 is 1.14 bits per heavy atom. The number of rotatable bonds is 3. The van der Waals surface area contributed by atoms with E-state index in [1.807, 2.05) is 6.07 Å². The van der Waals surface area contributed by atoms with Crippen LogP contribution in [0.1, 0.15) is 11.1 Å². The lowest BCUT2D eigenvalue weighted by atomic mass is 10.0. The molecule has 1 heterocycles. The van der Waals surface area contributed by atoms with E-state index in [2.05, 4.69) is 0 Å². The van der Waals surface area contributed by atoms with Crippen molar-refractivity contribution in [3.63, 3.8) is 0 Å². The average molecular weight is 284 g/mol. The van der Waals surface area contributed by atoms with Crippen LogP contribution in [0.2, 0.25) is 0 Å². The van der Waals surface area contributed by atoms with Gasteiger partial charge in [-0.1, -0.05) is 24.3 Å². The Morgan fingerprint density at radius 2 is 1.95 bits per heavy atom. The normalized spacial score (nSPS) is 10.8. The molecule has 3 rings (SSSR count). The summed E-state index contributed by atoms with van der Waals surface area (Å²) in [7, 11) is 1.56. The molecule has 1 aromatic heterocycles. The Labute approximate surface area is 120 Å². The van der Waals surface area contributed by atoms with Gasteiger partial charge in [-0.25, -0.2) is 0 Å². The van der Waals surface area contributed by atoms with E-state index in [-0.39, 0.29) is 23.0 Å². The van der Waals surface area contributed by atoms with Crippen molar-refractivity contribution in [1.29, 1.82) is 0 Å². The molecule has 4 heteroatoms. The van der Waals surface area contributed by atoms with Crippen molar-refractivity contribution in [1.82, 2.24) is 0 Å². The van der Waals surface area contributed by atoms with Gasteiger partial charge >= 0.3 is 0 Å². The molecular formula is C17H13FO3. The third-order valence-electron chi connectivity index (χ3n) is 3.36. The van der Waals surface area contributed by atoms with Crippen molar-refractivity contribution in [2.75, 3.05) is 7.11 Å². The first-order chi connectivity index (χ1) is 10.2. The number of para-hydroxylation sites is 1. The molecule has 0 aliphatic carbocycles. The second kappa shape index (κ2) is 5.40. The van der Waals surface area contributed by atoms with Gasteiger partial charge in [0.2, 0.25) is 0 Å². The van der Waals surface area contributed by atoms with Crippen LogP contribution in [0, 0.1) is 6.01 Å². The van der Waals surface area contributed by atoms with Gasteiger partial charge in [0, 0.05) is 6.42 Å². The van der Waals surface area contributed by atoms with Crippen LogP contribution in [0.3, 0.4) is 0 Å². The molecule has 0 aliphatic heterocycles. The number of benzene rings is 2. The number of hydrogen-bond donors (Lipinski definition) is 0. The fourth-order valence-corrected chi connectivity index (χ4v) is 2.29. The fourth-order valence-electron chi connectivity index (χ4n) is 2.29. The molecule has 0 saturated heterocycles. The van der Waals surface area contributed by atoms with Crippen LogP contribution in [0.25, 0.3) is 11.0 Å². The molecule has 0 bridgehead atoms. The van der Waals surface area contributed by atoms with Gasteiger partial charge in [0.05, 0.1) is 18.1 Å². The first-order valence-corrected chi connectivity index (χ1v) is 6.52. The lowest BCUT2D eigenvalue weighted by Crippen LogP contribution is -2.12. The predicted octanol–water partition coefficient (Wildman–Crippen LogP) is 3.53. The van der Waals surface area contributed by atoms with E-state index in [0.717, 1.165) is 5.56 Å². The summed E-state index contributed by atoms with van der Waals surface area (Å²) in [6.07, 6.45) is 0.163. The van der Waals surface area contributed by atoms with Crippen LogP contribution in [0.5, 0.6) is 5.75 Å². The monoisotopic (exact) mass is 284 g/mol. The second-order valence-corrected chi connectivity index (χ2v) is 4.71. The molecule has 0 radical (unpaired) electrons. The molecule has 106 valence electrons. The first kappa shape index (κ1) is 13.4. The molecule has 0 unspecified atom stereocenters. The smallest absolute Gasteiger partial charge is 0.285 e. The standard InChI is InChI=1S/C17H13FO3/c1-20-12-6-4-5-11(9-12)10-14-16(19)13-7-2-3-8-15(13)21-17(14)18/h2-9H,10H2,1H3. The molecule has 0 aliphatic rings. The molecule has 3 aromatic rings. The molecule has 0 atom stereocenters. The van der Waals surface area contributed by atoms with E-state index in [1.165, 1.54) is 0 Å². The van der Waals surface area contributed by atoms with Gasteiger partial charge in [-0.3, -0.25) is 4.79 Å². The molecule has 0 fully saturated rings. The summed E-state index contributed by atoms with van der Waals surface area (Å²) in [5.41, 5.74) is 0.740. The van der Waals surface area contributed by atoms with Gasteiger partial charge in [-0.2, -0.15) is 4.39 Å². The highest BCUT2D eigenvalue weighted by Crippen LogP contribution is 2.19. The summed E-state index contributed by atoms with van der Waals surface area (Å²) in [4.78, 5) is 12.4. The predicted molar refractivity (Wildman–Crippen MR) is 78.2 cm³/mol. The van der Waals surface area contributed by atoms with E-state index in [9.17, 15) is 9.18 Å². The molecule has 0 N–H and O–H groups in total. The van der Waals surface area contributed by atoms with Crippen LogP contribution in [-0.2, 0) is 6.42 Å². The number of hydrogen-bond acceptors (Lipinski definition) is 3. The minimum Gasteiger partial charge on any atom is -0.497 e. The fraction of sp³-hybridized carbons (Fsp3) is 0.118. The van der Waals surface area contributed by atoms with Crippen LogP contribution in [0.15, 0.2) is 57.7 Å². The highest BCUT2D eigenvalue weighted by atomic mass is 19.1.